The van der Waals surface area contributed by atoms with Gasteiger partial charge in [-0.2, -0.15) is 13.2 Å². The van der Waals surface area contributed by atoms with E-state index in [4.69, 9.17) is 9.47 Å². The van der Waals surface area contributed by atoms with Gasteiger partial charge in [0.2, 0.25) is 5.88 Å². The largest absolute Gasteiger partial charge is 0.468 e. The molecule has 0 spiro atoms. The smallest absolute Gasteiger partial charge is 0.422 e. The molecular weight excluding hydrogens is 443 g/mol. The number of hydrogen-bond donors (Lipinski definition) is 1. The number of hydrogen-bond acceptors (Lipinski definition) is 6. The maximum absolute atomic E-state index is 12.7. The molecule has 1 aromatic carbocycles. The number of carbonyl (C=O) groups is 3. The van der Waals surface area contributed by atoms with Crippen LogP contribution in [0.15, 0.2) is 36.5 Å². The Balaban J connectivity index is 1.43. The monoisotopic (exact) mass is 463 g/mol. The summed E-state index contributed by atoms with van der Waals surface area (Å²) in [5, 5.41) is 2.57. The quantitative estimate of drug-likeness (QED) is 0.635. The number of halogens is 3. The average Bonchev–Trinajstić information content (AvgIpc) is 3.39. The molecule has 0 aliphatic carbocycles. The molecule has 2 aliphatic heterocycles. The Morgan fingerprint density at radius 3 is 2.73 bits per heavy atom. The number of carbonyl (C=O) groups excluding carboxylic acids is 3. The number of alkyl halides is 3. The number of imide groups is 1. The van der Waals surface area contributed by atoms with Crippen molar-refractivity contribution in [2.75, 3.05) is 19.8 Å². The number of rotatable bonds is 7. The van der Waals surface area contributed by atoms with Crippen LogP contribution in [0.2, 0.25) is 0 Å². The second-order valence-electron chi connectivity index (χ2n) is 7.67. The molecule has 1 unspecified atom stereocenters. The number of ether oxygens (including phenoxy) is 2. The van der Waals surface area contributed by atoms with Crippen LogP contribution in [0.1, 0.15) is 49.5 Å². The van der Waals surface area contributed by atoms with Gasteiger partial charge in [-0.1, -0.05) is 6.07 Å². The van der Waals surface area contributed by atoms with Gasteiger partial charge in [-0.15, -0.1) is 0 Å². The summed E-state index contributed by atoms with van der Waals surface area (Å²) in [5.74, 6) is -1.73. The lowest BCUT2D eigenvalue weighted by molar-refractivity contribution is -0.154. The van der Waals surface area contributed by atoms with Crippen molar-refractivity contribution < 1.29 is 37.0 Å². The van der Waals surface area contributed by atoms with Gasteiger partial charge in [-0.3, -0.25) is 19.3 Å². The fourth-order valence-corrected chi connectivity index (χ4v) is 3.71. The topological polar surface area (TPSA) is 97.8 Å². The van der Waals surface area contributed by atoms with E-state index >= 15 is 0 Å². The first kappa shape index (κ1) is 22.7. The van der Waals surface area contributed by atoms with Crippen LogP contribution in [0, 0.1) is 0 Å². The summed E-state index contributed by atoms with van der Waals surface area (Å²) in [6.07, 6.45) is -1.79. The van der Waals surface area contributed by atoms with Crippen LogP contribution in [0.3, 0.4) is 0 Å². The Labute approximate surface area is 186 Å². The number of nitrogens with zero attached hydrogens (tertiary/aromatic N) is 2. The molecule has 174 valence electrons. The number of nitrogens with one attached hydrogen (secondary N) is 1. The summed E-state index contributed by atoms with van der Waals surface area (Å²) < 4.78 is 47.5. The zero-order valence-corrected chi connectivity index (χ0v) is 17.4. The van der Waals surface area contributed by atoms with Crippen LogP contribution in [0.4, 0.5) is 13.2 Å². The van der Waals surface area contributed by atoms with Crippen LogP contribution in [0.25, 0.3) is 0 Å². The molecule has 3 heterocycles. The third-order valence-corrected chi connectivity index (χ3v) is 5.30. The average molecular weight is 463 g/mol. The lowest BCUT2D eigenvalue weighted by atomic mass is 10.1. The maximum atomic E-state index is 12.7. The van der Waals surface area contributed by atoms with E-state index in [1.807, 2.05) is 0 Å². The van der Waals surface area contributed by atoms with Gasteiger partial charge >= 0.3 is 6.18 Å². The predicted molar refractivity (Wildman–Crippen MR) is 108 cm³/mol. The number of fused-ring (bicyclic) bond motifs is 1. The van der Waals surface area contributed by atoms with E-state index in [2.05, 4.69) is 10.3 Å². The standard InChI is InChI=1S/C22H20F3N3O5/c23-22(24,25)12-33-19-14(3-1-7-26-19)10-27-18(29)13-5-6-16-17(9-13)21(31)28(20(16)30)11-15-4-2-8-32-15/h1,3,5-7,9,15H,2,4,8,10-12H2,(H,27,29). The highest BCUT2D eigenvalue weighted by Gasteiger charge is 2.38. The van der Waals surface area contributed by atoms with Crippen LogP contribution < -0.4 is 10.1 Å². The highest BCUT2D eigenvalue weighted by molar-refractivity contribution is 6.22. The van der Waals surface area contributed by atoms with Crippen LogP contribution in [-0.4, -0.2) is 59.6 Å². The predicted octanol–water partition coefficient (Wildman–Crippen LogP) is 2.73. The van der Waals surface area contributed by atoms with E-state index in [1.165, 1.54) is 36.5 Å². The third kappa shape index (κ3) is 5.14. The van der Waals surface area contributed by atoms with Crippen LogP contribution >= 0.6 is 0 Å². The number of benzene rings is 1. The van der Waals surface area contributed by atoms with Crippen LogP contribution in [-0.2, 0) is 11.3 Å². The molecule has 0 radical (unpaired) electrons. The van der Waals surface area contributed by atoms with Crippen molar-refractivity contribution in [2.45, 2.75) is 31.7 Å². The second-order valence-corrected chi connectivity index (χ2v) is 7.67. The molecule has 2 aliphatic rings. The minimum Gasteiger partial charge on any atom is -0.468 e. The van der Waals surface area contributed by atoms with E-state index in [-0.39, 0.29) is 47.3 Å². The van der Waals surface area contributed by atoms with Crippen molar-refractivity contribution in [3.8, 4) is 5.88 Å². The Bertz CT molecular complexity index is 1080. The summed E-state index contributed by atoms with van der Waals surface area (Å²) in [7, 11) is 0. The van der Waals surface area contributed by atoms with E-state index in [0.29, 0.717) is 6.61 Å². The molecule has 4 rings (SSSR count). The van der Waals surface area contributed by atoms with Gasteiger partial charge in [0.1, 0.15) is 0 Å². The summed E-state index contributed by atoms with van der Waals surface area (Å²) in [5.41, 5.74) is 0.728. The molecule has 8 nitrogen and oxygen atoms in total. The van der Waals surface area contributed by atoms with Crippen molar-refractivity contribution >= 4 is 17.7 Å². The molecule has 0 bridgehead atoms. The molecule has 1 atom stereocenters. The van der Waals surface area contributed by atoms with Gasteiger partial charge in [0.05, 0.1) is 23.8 Å². The van der Waals surface area contributed by atoms with Crippen molar-refractivity contribution in [1.29, 1.82) is 0 Å². The molecule has 3 amide bonds. The van der Waals surface area contributed by atoms with Gasteiger partial charge in [-0.05, 0) is 37.1 Å². The third-order valence-electron chi connectivity index (χ3n) is 5.30. The molecule has 1 saturated heterocycles. The molecule has 1 aromatic heterocycles. The lowest BCUT2D eigenvalue weighted by Crippen LogP contribution is -2.36. The zero-order chi connectivity index (χ0) is 23.6. The number of pyridine rings is 1. The van der Waals surface area contributed by atoms with E-state index in [0.717, 1.165) is 17.7 Å². The SMILES string of the molecule is O=C(NCc1cccnc1OCC(F)(F)F)c1ccc2c(c1)C(=O)N(CC1CCCO1)C2=O. The first-order chi connectivity index (χ1) is 15.7. The van der Waals surface area contributed by atoms with E-state index < -0.39 is 30.5 Å². The minimum absolute atomic E-state index is 0.126. The van der Waals surface area contributed by atoms with Gasteiger partial charge in [0, 0.05) is 30.5 Å². The first-order valence-electron chi connectivity index (χ1n) is 10.3. The highest BCUT2D eigenvalue weighted by Crippen LogP contribution is 2.26. The second kappa shape index (κ2) is 9.18. The summed E-state index contributed by atoms with van der Waals surface area (Å²) >= 11 is 0. The van der Waals surface area contributed by atoms with Crippen LogP contribution in [0.5, 0.6) is 5.88 Å². The zero-order valence-electron chi connectivity index (χ0n) is 17.4. The fraction of sp³-hybridized carbons (Fsp3) is 0.364. The summed E-state index contributed by atoms with van der Waals surface area (Å²) in [6.45, 7) is -0.892. The number of amides is 3. The van der Waals surface area contributed by atoms with Crippen molar-refractivity contribution in [1.82, 2.24) is 15.2 Å². The Kier molecular flexibility index (Phi) is 6.32. The lowest BCUT2D eigenvalue weighted by Gasteiger charge is -2.17. The van der Waals surface area contributed by atoms with E-state index in [9.17, 15) is 27.6 Å². The molecule has 0 saturated carbocycles. The molecule has 1 fully saturated rings. The fourth-order valence-electron chi connectivity index (χ4n) is 3.71. The van der Waals surface area contributed by atoms with Gasteiger partial charge in [0.15, 0.2) is 6.61 Å². The summed E-state index contributed by atoms with van der Waals surface area (Å²) in [4.78, 5) is 42.9. The molecular formula is C22H20F3N3O5. The summed E-state index contributed by atoms with van der Waals surface area (Å²) in [6, 6.07) is 7.16. The Morgan fingerprint density at radius 2 is 2.00 bits per heavy atom. The Morgan fingerprint density at radius 1 is 1.21 bits per heavy atom. The molecule has 33 heavy (non-hydrogen) atoms. The van der Waals surface area contributed by atoms with Gasteiger partial charge < -0.3 is 14.8 Å². The number of aromatic nitrogens is 1. The van der Waals surface area contributed by atoms with Crippen molar-refractivity contribution in [3.05, 3.63) is 58.8 Å². The molecule has 11 heteroatoms. The van der Waals surface area contributed by atoms with Gasteiger partial charge in [0.25, 0.3) is 17.7 Å². The van der Waals surface area contributed by atoms with Gasteiger partial charge in [-0.25, -0.2) is 4.98 Å². The normalized spacial score (nSPS) is 17.9. The highest BCUT2D eigenvalue weighted by atomic mass is 19.4. The molecule has 2 aromatic rings. The van der Waals surface area contributed by atoms with Crippen molar-refractivity contribution in [3.63, 3.8) is 0 Å². The first-order valence-corrected chi connectivity index (χ1v) is 10.3. The van der Waals surface area contributed by atoms with Crippen molar-refractivity contribution in [2.24, 2.45) is 0 Å². The molecule has 1 N–H and O–H groups in total. The maximum Gasteiger partial charge on any atom is 0.422 e. The van der Waals surface area contributed by atoms with E-state index in [1.54, 1.807) is 0 Å². The Hall–Kier alpha value is -3.47. The minimum atomic E-state index is -4.52.